The van der Waals surface area contributed by atoms with Gasteiger partial charge < -0.3 is 28.4 Å². The van der Waals surface area contributed by atoms with Crippen molar-refractivity contribution in [3.63, 3.8) is 0 Å². The summed E-state index contributed by atoms with van der Waals surface area (Å²) in [4.78, 5) is 18.1. The normalized spacial score (nSPS) is 19.9. The molecular formula is C26H29N3O5. The van der Waals surface area contributed by atoms with Crippen LogP contribution in [0, 0.1) is 0 Å². The molecule has 1 aliphatic rings. The van der Waals surface area contributed by atoms with E-state index in [1.165, 1.54) is 0 Å². The van der Waals surface area contributed by atoms with E-state index in [1.807, 2.05) is 54.0 Å². The van der Waals surface area contributed by atoms with E-state index in [2.05, 4.69) is 4.98 Å². The fraction of sp³-hybridized carbons (Fsp3) is 0.308. The van der Waals surface area contributed by atoms with Crippen LogP contribution < -0.4 is 9.47 Å². The number of carbonyl (C=O) groups is 1. The van der Waals surface area contributed by atoms with Gasteiger partial charge in [-0.2, -0.15) is 0 Å². The number of allylic oxidation sites excluding steroid dienone is 1. The molecule has 0 N–H and O–H groups in total. The van der Waals surface area contributed by atoms with Gasteiger partial charge in [-0.3, -0.25) is 4.79 Å². The molecule has 2 unspecified atom stereocenters. The molecule has 8 nitrogen and oxygen atoms in total. The minimum absolute atomic E-state index is 0.0587. The van der Waals surface area contributed by atoms with Crippen molar-refractivity contribution in [1.82, 2.24) is 14.5 Å². The molecule has 34 heavy (non-hydrogen) atoms. The van der Waals surface area contributed by atoms with Gasteiger partial charge in [0.15, 0.2) is 5.78 Å². The molecule has 0 aliphatic carbocycles. The molecule has 8 heteroatoms. The first-order chi connectivity index (χ1) is 16.5. The molecule has 0 amide bonds. The second-order valence-corrected chi connectivity index (χ2v) is 8.25. The zero-order valence-corrected chi connectivity index (χ0v) is 19.6. The number of benzene rings is 2. The number of hydrogen-bond donors (Lipinski definition) is 0. The molecule has 178 valence electrons. The number of aromatic nitrogens is 2. The van der Waals surface area contributed by atoms with Gasteiger partial charge in [0.25, 0.3) is 0 Å². The van der Waals surface area contributed by atoms with E-state index in [-0.39, 0.29) is 11.9 Å². The molecule has 4 rings (SSSR count). The Kier molecular flexibility index (Phi) is 7.30. The molecule has 1 aliphatic heterocycles. The predicted octanol–water partition coefficient (Wildman–Crippen LogP) is 3.50. The van der Waals surface area contributed by atoms with Crippen LogP contribution in [0.5, 0.6) is 11.5 Å². The van der Waals surface area contributed by atoms with E-state index in [1.54, 1.807) is 56.2 Å². The Balaban J connectivity index is 1.41. The van der Waals surface area contributed by atoms with Crippen molar-refractivity contribution < 1.29 is 23.7 Å². The van der Waals surface area contributed by atoms with Gasteiger partial charge in [-0.15, -0.1) is 0 Å². The van der Waals surface area contributed by atoms with Crippen LogP contribution in [-0.2, 0) is 21.8 Å². The summed E-state index contributed by atoms with van der Waals surface area (Å²) < 4.78 is 25.8. The van der Waals surface area contributed by atoms with E-state index in [4.69, 9.17) is 18.9 Å². The summed E-state index contributed by atoms with van der Waals surface area (Å²) in [6.45, 7) is 1.15. The minimum Gasteiger partial charge on any atom is -0.497 e. The highest BCUT2D eigenvalue weighted by Gasteiger charge is 2.44. The lowest BCUT2D eigenvalue weighted by molar-refractivity contribution is -0.189. The quantitative estimate of drug-likeness (QED) is 0.337. The molecule has 0 bridgehead atoms. The molecule has 3 aromatic rings. The van der Waals surface area contributed by atoms with Gasteiger partial charge in [-0.25, -0.2) is 4.98 Å². The van der Waals surface area contributed by atoms with Gasteiger partial charge in [0.1, 0.15) is 24.2 Å². The van der Waals surface area contributed by atoms with Crippen molar-refractivity contribution in [3.8, 4) is 11.5 Å². The Labute approximate surface area is 199 Å². The molecule has 0 radical (unpaired) electrons. The number of hydrogen-bond acceptors (Lipinski definition) is 7. The Bertz CT molecular complexity index is 1090. The summed E-state index contributed by atoms with van der Waals surface area (Å²) in [5, 5.41) is 0. The van der Waals surface area contributed by atoms with Gasteiger partial charge in [-0.05, 0) is 48.5 Å². The lowest BCUT2D eigenvalue weighted by Gasteiger charge is -2.29. The zero-order valence-electron chi connectivity index (χ0n) is 19.6. The van der Waals surface area contributed by atoms with Crippen LogP contribution >= 0.6 is 0 Å². The lowest BCUT2D eigenvalue weighted by atomic mass is 10.1. The Morgan fingerprint density at radius 1 is 1.18 bits per heavy atom. The third kappa shape index (κ3) is 5.65. The van der Waals surface area contributed by atoms with E-state index in [9.17, 15) is 4.79 Å². The summed E-state index contributed by atoms with van der Waals surface area (Å²) in [6, 6.07) is 14.7. The first-order valence-electron chi connectivity index (χ1n) is 11.0. The van der Waals surface area contributed by atoms with Crippen LogP contribution in [0.15, 0.2) is 79.5 Å². The largest absolute Gasteiger partial charge is 0.497 e. The fourth-order valence-corrected chi connectivity index (χ4v) is 3.66. The van der Waals surface area contributed by atoms with Gasteiger partial charge in [0, 0.05) is 49.9 Å². The summed E-state index contributed by atoms with van der Waals surface area (Å²) in [5.41, 5.74) is 1.49. The zero-order chi connectivity index (χ0) is 24.0. The molecular weight excluding hydrogens is 434 g/mol. The van der Waals surface area contributed by atoms with E-state index in [0.29, 0.717) is 31.1 Å². The van der Waals surface area contributed by atoms with Crippen molar-refractivity contribution in [3.05, 3.63) is 90.7 Å². The third-order valence-electron chi connectivity index (χ3n) is 5.44. The molecule has 2 heterocycles. The molecule has 2 atom stereocenters. The monoisotopic (exact) mass is 463 g/mol. The highest BCUT2D eigenvalue weighted by atomic mass is 16.8. The van der Waals surface area contributed by atoms with E-state index < -0.39 is 5.79 Å². The van der Waals surface area contributed by atoms with Crippen LogP contribution in [0.25, 0.3) is 0 Å². The number of methoxy groups -OCH3 is 1. The molecule has 2 aromatic carbocycles. The Hall–Kier alpha value is -3.62. The predicted molar refractivity (Wildman–Crippen MR) is 127 cm³/mol. The van der Waals surface area contributed by atoms with Crippen LogP contribution in [-0.4, -0.2) is 60.8 Å². The number of rotatable bonds is 10. The van der Waals surface area contributed by atoms with Gasteiger partial charge in [0.05, 0.1) is 26.6 Å². The van der Waals surface area contributed by atoms with Crippen LogP contribution in [0.1, 0.15) is 15.9 Å². The van der Waals surface area contributed by atoms with Crippen molar-refractivity contribution >= 4 is 5.78 Å². The summed E-state index contributed by atoms with van der Waals surface area (Å²) in [7, 11) is 5.37. The average molecular weight is 464 g/mol. The summed E-state index contributed by atoms with van der Waals surface area (Å²) >= 11 is 0. The number of imidazole rings is 1. The maximum atomic E-state index is 12.2. The van der Waals surface area contributed by atoms with Crippen LogP contribution in [0.3, 0.4) is 0 Å². The van der Waals surface area contributed by atoms with Crippen molar-refractivity contribution in [2.24, 2.45) is 0 Å². The Morgan fingerprint density at radius 2 is 1.91 bits per heavy atom. The number of ether oxygens (including phenoxy) is 4. The van der Waals surface area contributed by atoms with Gasteiger partial charge >= 0.3 is 0 Å². The number of carbonyl (C=O) groups excluding carboxylic acids is 1. The number of nitrogens with zero attached hydrogens (tertiary/aromatic N) is 3. The first kappa shape index (κ1) is 23.5. The standard InChI is InChI=1S/C26H29N3O5/c1-28(2)14-12-25(30)20-4-8-23(9-5-20)32-16-24-17-33-26(34-24,18-29-15-13-27-19-29)21-6-10-22(31-3)11-7-21/h4-15,19,24H,16-18H2,1-3H3. The highest BCUT2D eigenvalue weighted by molar-refractivity contribution is 6.04. The maximum absolute atomic E-state index is 12.2. The maximum Gasteiger partial charge on any atom is 0.214 e. The summed E-state index contributed by atoms with van der Waals surface area (Å²) in [5.74, 6) is 0.402. The minimum atomic E-state index is -0.962. The molecule has 1 saturated heterocycles. The van der Waals surface area contributed by atoms with Crippen molar-refractivity contribution in [2.75, 3.05) is 34.4 Å². The van der Waals surface area contributed by atoms with Crippen molar-refractivity contribution in [2.45, 2.75) is 18.4 Å². The molecule has 0 saturated carbocycles. The molecule has 1 aromatic heterocycles. The second kappa shape index (κ2) is 10.5. The molecule has 0 spiro atoms. The van der Waals surface area contributed by atoms with Gasteiger partial charge in [-0.1, -0.05) is 0 Å². The third-order valence-corrected chi connectivity index (χ3v) is 5.44. The second-order valence-electron chi connectivity index (χ2n) is 8.25. The van der Waals surface area contributed by atoms with Crippen LogP contribution in [0.4, 0.5) is 0 Å². The summed E-state index contributed by atoms with van der Waals surface area (Å²) in [6.07, 6.45) is 8.33. The van der Waals surface area contributed by atoms with E-state index >= 15 is 0 Å². The van der Waals surface area contributed by atoms with Crippen LogP contribution in [0.2, 0.25) is 0 Å². The first-order valence-corrected chi connectivity index (χ1v) is 11.0. The highest BCUT2D eigenvalue weighted by Crippen LogP contribution is 2.37. The average Bonchev–Trinajstić information content (AvgIpc) is 3.52. The van der Waals surface area contributed by atoms with Crippen molar-refractivity contribution in [1.29, 1.82) is 0 Å². The Morgan fingerprint density at radius 3 is 2.56 bits per heavy atom. The smallest absolute Gasteiger partial charge is 0.214 e. The fourth-order valence-electron chi connectivity index (χ4n) is 3.66. The van der Waals surface area contributed by atoms with E-state index in [0.717, 1.165) is 11.3 Å². The van der Waals surface area contributed by atoms with Gasteiger partial charge in [0.2, 0.25) is 5.79 Å². The lowest BCUT2D eigenvalue weighted by Crippen LogP contribution is -2.34. The molecule has 1 fully saturated rings. The SMILES string of the molecule is COc1ccc(C2(Cn3ccnc3)OCC(COc3ccc(C(=O)C=CN(C)C)cc3)O2)cc1. The number of ketones is 1. The topological polar surface area (TPSA) is 75.1 Å².